The van der Waals surface area contributed by atoms with Crippen molar-refractivity contribution in [2.75, 3.05) is 0 Å². The minimum absolute atomic E-state index is 0.167. The highest BCUT2D eigenvalue weighted by molar-refractivity contribution is 5.73. The number of Topliss-reactive ketones (excluding diaryl/α,β-unsaturated/α-hetero) is 5. The van der Waals surface area contributed by atoms with Crippen LogP contribution in [-0.2, 0) is 24.0 Å². The molecule has 0 saturated heterocycles. The maximum absolute atomic E-state index is 10.4. The van der Waals surface area contributed by atoms with Gasteiger partial charge in [-0.25, -0.2) is 0 Å². The summed E-state index contributed by atoms with van der Waals surface area (Å²) < 4.78 is 38.5. The summed E-state index contributed by atoms with van der Waals surface area (Å²) >= 11 is 0. The van der Waals surface area contributed by atoms with Gasteiger partial charge in [-0.05, 0) is 69.1 Å². The number of rotatable bonds is 0. The van der Waals surface area contributed by atoms with Gasteiger partial charge in [-0.15, -0.1) is 0 Å². The molecule has 0 amide bonds. The Morgan fingerprint density at radius 3 is 0.550 bits per heavy atom. The van der Waals surface area contributed by atoms with E-state index in [9.17, 15) is 24.0 Å². The first kappa shape index (κ1) is 14.8. The lowest BCUT2D eigenvalue weighted by atomic mass is 10.6. The molecule has 0 bridgehead atoms. The molecule has 5 nitrogen and oxygen atoms in total. The highest BCUT2D eigenvalue weighted by Gasteiger charge is 1.63. The average Bonchev–Trinajstić information content (AvgIpc) is 2.21. The molecule has 0 atom stereocenters. The molecule has 0 saturated carbocycles. The van der Waals surface area contributed by atoms with E-state index in [4.69, 9.17) is 8.22 Å². The topological polar surface area (TPSA) is 85.3 Å². The average molecular weight is 300 g/mol. The molecule has 5 heteroatoms. The molecule has 20 heavy (non-hydrogen) atoms. The highest BCUT2D eigenvalue weighted by atomic mass is 16.1. The van der Waals surface area contributed by atoms with Crippen molar-refractivity contribution in [3.8, 4) is 0 Å². The van der Waals surface area contributed by atoms with Gasteiger partial charge < -0.3 is 24.0 Å². The standard InChI is InChI=1S/5C3H6O/c5*1-3(2)4/h5*1-2H3/i2*1+1,2+1;1D3,2D3;;. The zero-order valence-electron chi connectivity index (χ0n) is 19.5. The molecule has 0 aromatic rings. The van der Waals surface area contributed by atoms with E-state index in [0.29, 0.717) is 0 Å². The lowest BCUT2D eigenvalue weighted by molar-refractivity contribution is -0.115. The van der Waals surface area contributed by atoms with Crippen LogP contribution in [0.1, 0.15) is 77.3 Å². The molecule has 0 aromatic carbocycles. The van der Waals surface area contributed by atoms with Gasteiger partial charge >= 0.3 is 0 Å². The Balaban J connectivity index is -0.0000000776. The summed E-state index contributed by atoms with van der Waals surface area (Å²) in [6.45, 7) is 6.20. The fourth-order valence-corrected chi connectivity index (χ4v) is 0. The molecule has 0 aliphatic heterocycles. The summed E-state index contributed by atoms with van der Waals surface area (Å²) in [4.78, 5) is 48.1. The molecule has 0 heterocycles. The van der Waals surface area contributed by atoms with E-state index in [0.717, 1.165) is 0 Å². The second-order valence-electron chi connectivity index (χ2n) is 3.96. The number of carbonyl (C=O) groups is 5. The Bertz CT molecular complexity index is 370. The molecular weight excluding hydrogens is 264 g/mol. The number of hydrogen-bond donors (Lipinski definition) is 0. The Kier molecular flexibility index (Phi) is 19.2. The van der Waals surface area contributed by atoms with Crippen molar-refractivity contribution in [1.82, 2.24) is 0 Å². The molecule has 0 aromatic heterocycles. The van der Waals surface area contributed by atoms with Crippen LogP contribution in [0.25, 0.3) is 0 Å². The molecule has 0 rings (SSSR count). The second-order valence-corrected chi connectivity index (χ2v) is 3.96. The Labute approximate surface area is 131 Å². The van der Waals surface area contributed by atoms with Crippen LogP contribution in [0.4, 0.5) is 0 Å². The van der Waals surface area contributed by atoms with Gasteiger partial charge in [-0.1, -0.05) is 0 Å². The fourth-order valence-electron chi connectivity index (χ4n) is 0. The van der Waals surface area contributed by atoms with Gasteiger partial charge in [0.05, 0.1) is 0 Å². The third kappa shape index (κ3) is 1420. The minimum Gasteiger partial charge on any atom is -0.300 e. The van der Waals surface area contributed by atoms with Gasteiger partial charge in [-0.2, -0.15) is 0 Å². The summed E-state index contributed by atoms with van der Waals surface area (Å²) in [5.41, 5.74) is 0. The molecule has 0 radical (unpaired) electrons. The number of ketones is 5. The summed E-state index contributed by atoms with van der Waals surface area (Å²) in [6, 6.07) is 0. The predicted octanol–water partition coefficient (Wildman–Crippen LogP) is 2.98. The van der Waals surface area contributed by atoms with Gasteiger partial charge in [0.2, 0.25) is 0 Å². The first-order valence-corrected chi connectivity index (χ1v) is 5.52. The zero-order chi connectivity index (χ0) is 22.9. The molecule has 0 N–H and O–H groups in total. The molecule has 0 fully saturated rings. The van der Waals surface area contributed by atoms with E-state index in [1.54, 1.807) is 0 Å². The van der Waals surface area contributed by atoms with Crippen LogP contribution in [0.15, 0.2) is 0 Å². The maximum Gasteiger partial charge on any atom is 0.126 e. The smallest absolute Gasteiger partial charge is 0.126 e. The summed E-state index contributed by atoms with van der Waals surface area (Å²) in [5.74, 6) is -1.01. The second kappa shape index (κ2) is 26.0. The van der Waals surface area contributed by atoms with Crippen molar-refractivity contribution in [2.45, 2.75) is 69.1 Å². The normalized spacial score (nSPS) is 12.2. The maximum atomic E-state index is 10.4. The van der Waals surface area contributed by atoms with Crippen LogP contribution in [0, 0.1) is 0 Å². The summed E-state index contributed by atoms with van der Waals surface area (Å²) in [5, 5.41) is 0. The van der Waals surface area contributed by atoms with E-state index in [1.165, 1.54) is 55.4 Å². The molecule has 0 spiro atoms. The Morgan fingerprint density at radius 2 is 0.550 bits per heavy atom. The highest BCUT2D eigenvalue weighted by Crippen LogP contribution is 1.52. The van der Waals surface area contributed by atoms with E-state index in [2.05, 4.69) is 0 Å². The van der Waals surface area contributed by atoms with Gasteiger partial charge in [0.15, 0.2) is 0 Å². The minimum atomic E-state index is -3.01. The lowest BCUT2D eigenvalue weighted by Crippen LogP contribution is -1.69. The van der Waals surface area contributed by atoms with E-state index in [1.807, 2.05) is 0 Å². The third-order valence-corrected chi connectivity index (χ3v) is 0. The van der Waals surface area contributed by atoms with Crippen LogP contribution in [0.5, 0.6) is 0 Å². The van der Waals surface area contributed by atoms with Crippen LogP contribution in [-0.4, -0.2) is 28.9 Å². The van der Waals surface area contributed by atoms with Gasteiger partial charge in [0.1, 0.15) is 28.9 Å². The zero-order valence-corrected chi connectivity index (χ0v) is 13.5. The quantitative estimate of drug-likeness (QED) is 0.642. The molecule has 120 valence electrons. The van der Waals surface area contributed by atoms with Crippen molar-refractivity contribution in [1.29, 1.82) is 0 Å². The first-order valence-electron chi connectivity index (χ1n) is 8.52. The summed E-state index contributed by atoms with van der Waals surface area (Å²) in [7, 11) is 0. The fraction of sp³-hybridized carbons (Fsp3) is 0.667. The Morgan fingerprint density at radius 1 is 0.450 bits per heavy atom. The van der Waals surface area contributed by atoms with E-state index < -0.39 is 19.5 Å². The predicted molar refractivity (Wildman–Crippen MR) is 81.8 cm³/mol. The third-order valence-electron chi connectivity index (χ3n) is 0. The van der Waals surface area contributed by atoms with Gasteiger partial charge in [0.25, 0.3) is 0 Å². The molecular formula is C15H30O5. The van der Waals surface area contributed by atoms with Crippen molar-refractivity contribution in [3.05, 3.63) is 0 Å². The summed E-state index contributed by atoms with van der Waals surface area (Å²) in [6.07, 6.45) is 0. The molecule has 0 aliphatic rings. The van der Waals surface area contributed by atoms with Crippen LogP contribution in [0.3, 0.4) is 0 Å². The van der Waals surface area contributed by atoms with E-state index >= 15 is 0 Å². The van der Waals surface area contributed by atoms with Crippen LogP contribution in [0.2, 0.25) is 0 Å². The molecule has 0 aliphatic carbocycles. The number of hydrogen-bond acceptors (Lipinski definition) is 5. The number of carbonyl (C=O) groups excluding carboxylic acids is 5. The molecule has 0 unspecified atom stereocenters. The van der Waals surface area contributed by atoms with E-state index in [-0.39, 0.29) is 23.1 Å². The Hall–Kier alpha value is -1.65. The lowest BCUT2D eigenvalue weighted by Gasteiger charge is -1.56. The van der Waals surface area contributed by atoms with Crippen molar-refractivity contribution >= 4 is 28.9 Å². The monoisotopic (exact) mass is 300 g/mol. The van der Waals surface area contributed by atoms with Crippen molar-refractivity contribution < 1.29 is 32.2 Å². The van der Waals surface area contributed by atoms with Gasteiger partial charge in [-0.3, -0.25) is 0 Å². The van der Waals surface area contributed by atoms with Crippen LogP contribution >= 0.6 is 0 Å². The van der Waals surface area contributed by atoms with Crippen molar-refractivity contribution in [3.63, 3.8) is 0 Å². The van der Waals surface area contributed by atoms with Gasteiger partial charge in [0, 0.05) is 8.22 Å². The largest absolute Gasteiger partial charge is 0.300 e. The SMILES string of the molecule is CC(C)=O.CC(C)=O.[13CH3]C([13CH3])=O.[13CH3]C([13CH3])=O.[2H]C([2H])([2H])C(=O)C([2H])([2H])[2H]. The van der Waals surface area contributed by atoms with Crippen LogP contribution < -0.4 is 0 Å². The van der Waals surface area contributed by atoms with Crippen molar-refractivity contribution in [2.24, 2.45) is 0 Å². The first-order chi connectivity index (χ1) is 11.1.